The summed E-state index contributed by atoms with van der Waals surface area (Å²) in [5, 5.41) is 0. The standard InChI is InChI=1S/C35H43IO5/c1-8-22-35(7,28-16-20-30(21-17-28)40-34(5,6)23-24-36)27-14-18-29(19-15-27)39-31(37)25-10-12-26(13-11-25)32(38)41-33(3,4)9-2/h10-21H,8-9,22-24H2,1-7H3. The average Bonchev–Trinajstić information content (AvgIpc) is 2.93. The maximum absolute atomic E-state index is 12.8. The lowest BCUT2D eigenvalue weighted by Gasteiger charge is -2.32. The zero-order valence-corrected chi connectivity index (χ0v) is 27.5. The number of carbonyl (C=O) groups is 2. The van der Waals surface area contributed by atoms with Crippen molar-refractivity contribution < 1.29 is 23.8 Å². The molecular formula is C35H43IO5. The summed E-state index contributed by atoms with van der Waals surface area (Å²) in [6.45, 7) is 14.4. The van der Waals surface area contributed by atoms with Crippen LogP contribution in [0.25, 0.3) is 0 Å². The fourth-order valence-corrected chi connectivity index (χ4v) is 5.92. The Bertz CT molecular complexity index is 1290. The van der Waals surface area contributed by atoms with Crippen LogP contribution in [0.15, 0.2) is 72.8 Å². The highest BCUT2D eigenvalue weighted by Gasteiger charge is 2.29. The molecule has 41 heavy (non-hydrogen) atoms. The molecule has 6 heteroatoms. The second-order valence-corrected chi connectivity index (χ2v) is 13.0. The SMILES string of the molecule is CCCC(C)(c1ccc(OC(=O)c2ccc(C(=O)OC(C)(C)CC)cc2)cc1)c1ccc(OC(C)(C)CCI)cc1. The van der Waals surface area contributed by atoms with Crippen LogP contribution in [-0.2, 0) is 10.2 Å². The first-order valence-corrected chi connectivity index (χ1v) is 15.9. The maximum atomic E-state index is 12.8. The first-order chi connectivity index (χ1) is 19.3. The van der Waals surface area contributed by atoms with Crippen molar-refractivity contribution in [2.24, 2.45) is 0 Å². The molecule has 0 spiro atoms. The van der Waals surface area contributed by atoms with E-state index in [9.17, 15) is 9.59 Å². The molecule has 0 aliphatic rings. The van der Waals surface area contributed by atoms with Gasteiger partial charge in [-0.15, -0.1) is 0 Å². The number of esters is 2. The Hall–Kier alpha value is -2.87. The van der Waals surface area contributed by atoms with E-state index >= 15 is 0 Å². The van der Waals surface area contributed by atoms with Gasteiger partial charge in [-0.05, 0) is 107 Å². The molecule has 0 aromatic heterocycles. The molecule has 0 radical (unpaired) electrons. The van der Waals surface area contributed by atoms with Crippen molar-refractivity contribution in [1.29, 1.82) is 0 Å². The Morgan fingerprint density at radius 1 is 0.659 bits per heavy atom. The third-order valence-electron chi connectivity index (χ3n) is 7.61. The van der Waals surface area contributed by atoms with E-state index in [-0.39, 0.29) is 11.0 Å². The van der Waals surface area contributed by atoms with Gasteiger partial charge in [0.15, 0.2) is 0 Å². The summed E-state index contributed by atoms with van der Waals surface area (Å²) in [7, 11) is 0. The van der Waals surface area contributed by atoms with E-state index in [1.54, 1.807) is 24.3 Å². The van der Waals surface area contributed by atoms with Crippen molar-refractivity contribution in [1.82, 2.24) is 0 Å². The maximum Gasteiger partial charge on any atom is 0.343 e. The van der Waals surface area contributed by atoms with Gasteiger partial charge < -0.3 is 14.2 Å². The van der Waals surface area contributed by atoms with Crippen LogP contribution >= 0.6 is 22.6 Å². The van der Waals surface area contributed by atoms with E-state index in [1.165, 1.54) is 5.56 Å². The fraction of sp³-hybridized carbons (Fsp3) is 0.429. The predicted molar refractivity (Wildman–Crippen MR) is 174 cm³/mol. The molecule has 0 aliphatic heterocycles. The summed E-state index contributed by atoms with van der Waals surface area (Å²) >= 11 is 2.38. The minimum absolute atomic E-state index is 0.204. The molecule has 0 saturated heterocycles. The van der Waals surface area contributed by atoms with Crippen molar-refractivity contribution >= 4 is 34.5 Å². The molecule has 1 unspecified atom stereocenters. The molecule has 0 fully saturated rings. The number of halogens is 1. The van der Waals surface area contributed by atoms with E-state index in [2.05, 4.69) is 74.6 Å². The van der Waals surface area contributed by atoms with Crippen LogP contribution in [0.2, 0.25) is 0 Å². The van der Waals surface area contributed by atoms with Crippen LogP contribution in [0.4, 0.5) is 0 Å². The molecule has 3 aromatic rings. The Labute approximate surface area is 259 Å². The summed E-state index contributed by atoms with van der Waals surface area (Å²) < 4.78 is 18.4. The molecule has 220 valence electrons. The van der Waals surface area contributed by atoms with Crippen LogP contribution in [-0.4, -0.2) is 27.6 Å². The van der Waals surface area contributed by atoms with Gasteiger partial charge in [-0.1, -0.05) is 74.0 Å². The van der Waals surface area contributed by atoms with Gasteiger partial charge in [0.1, 0.15) is 22.7 Å². The summed E-state index contributed by atoms with van der Waals surface area (Å²) in [5.74, 6) is 0.445. The van der Waals surface area contributed by atoms with Crippen molar-refractivity contribution in [3.05, 3.63) is 95.1 Å². The highest BCUT2D eigenvalue weighted by atomic mass is 127. The molecule has 0 aliphatic carbocycles. The largest absolute Gasteiger partial charge is 0.488 e. The highest BCUT2D eigenvalue weighted by molar-refractivity contribution is 14.1. The molecule has 3 rings (SSSR count). The zero-order valence-electron chi connectivity index (χ0n) is 25.4. The van der Waals surface area contributed by atoms with Crippen molar-refractivity contribution in [3.63, 3.8) is 0 Å². The number of carbonyl (C=O) groups excluding carboxylic acids is 2. The minimum Gasteiger partial charge on any atom is -0.488 e. The first-order valence-electron chi connectivity index (χ1n) is 14.3. The van der Waals surface area contributed by atoms with Gasteiger partial charge in [0.25, 0.3) is 0 Å². The lowest BCUT2D eigenvalue weighted by atomic mass is 9.73. The van der Waals surface area contributed by atoms with Crippen LogP contribution in [0.3, 0.4) is 0 Å². The van der Waals surface area contributed by atoms with Crippen molar-refractivity contribution in [2.75, 3.05) is 4.43 Å². The van der Waals surface area contributed by atoms with E-state index in [0.29, 0.717) is 23.3 Å². The second kappa shape index (κ2) is 13.9. The number of hydrogen-bond acceptors (Lipinski definition) is 5. The Balaban J connectivity index is 1.71. The van der Waals surface area contributed by atoms with Gasteiger partial charge in [-0.3, -0.25) is 0 Å². The van der Waals surface area contributed by atoms with Gasteiger partial charge in [-0.2, -0.15) is 0 Å². The number of ether oxygens (including phenoxy) is 3. The Morgan fingerprint density at radius 2 is 1.15 bits per heavy atom. The van der Waals surface area contributed by atoms with Gasteiger partial charge >= 0.3 is 11.9 Å². The predicted octanol–water partition coefficient (Wildman–Crippen LogP) is 9.34. The second-order valence-electron chi connectivity index (χ2n) is 11.9. The average molecular weight is 671 g/mol. The van der Waals surface area contributed by atoms with E-state index < -0.39 is 17.5 Å². The molecule has 0 saturated carbocycles. The van der Waals surface area contributed by atoms with E-state index in [4.69, 9.17) is 14.2 Å². The van der Waals surface area contributed by atoms with Crippen LogP contribution < -0.4 is 9.47 Å². The van der Waals surface area contributed by atoms with Crippen molar-refractivity contribution in [2.45, 2.75) is 90.8 Å². The van der Waals surface area contributed by atoms with Crippen LogP contribution in [0.1, 0.15) is 106 Å². The van der Waals surface area contributed by atoms with Gasteiger partial charge in [0.05, 0.1) is 11.1 Å². The van der Waals surface area contributed by atoms with Gasteiger partial charge in [0.2, 0.25) is 0 Å². The highest BCUT2D eigenvalue weighted by Crippen LogP contribution is 2.38. The lowest BCUT2D eigenvalue weighted by molar-refractivity contribution is -0.00247. The fourth-order valence-electron chi connectivity index (χ4n) is 4.63. The van der Waals surface area contributed by atoms with Crippen LogP contribution in [0, 0.1) is 0 Å². The van der Waals surface area contributed by atoms with E-state index in [0.717, 1.165) is 35.0 Å². The topological polar surface area (TPSA) is 61.8 Å². The third-order valence-corrected chi connectivity index (χ3v) is 8.15. The Morgan fingerprint density at radius 3 is 1.61 bits per heavy atom. The lowest BCUT2D eigenvalue weighted by Crippen LogP contribution is -2.28. The van der Waals surface area contributed by atoms with Crippen molar-refractivity contribution in [3.8, 4) is 11.5 Å². The molecule has 0 heterocycles. The summed E-state index contributed by atoms with van der Waals surface area (Å²) in [6.07, 6.45) is 3.68. The number of benzene rings is 3. The minimum atomic E-state index is -0.545. The third kappa shape index (κ3) is 8.81. The smallest absolute Gasteiger partial charge is 0.343 e. The normalized spacial score (nSPS) is 13.3. The number of rotatable bonds is 13. The van der Waals surface area contributed by atoms with Crippen LogP contribution in [0.5, 0.6) is 11.5 Å². The van der Waals surface area contributed by atoms with Gasteiger partial charge in [0, 0.05) is 9.84 Å². The molecule has 1 atom stereocenters. The molecular weight excluding hydrogens is 627 g/mol. The summed E-state index contributed by atoms with van der Waals surface area (Å²) in [6, 6.07) is 22.5. The molecule has 3 aromatic carbocycles. The molecule has 5 nitrogen and oxygen atoms in total. The van der Waals surface area contributed by atoms with Gasteiger partial charge in [-0.25, -0.2) is 9.59 Å². The number of alkyl halides is 1. The zero-order chi connectivity index (χ0) is 30.3. The monoisotopic (exact) mass is 670 g/mol. The summed E-state index contributed by atoms with van der Waals surface area (Å²) in [5.41, 5.74) is 2.16. The Kier molecular flexibility index (Phi) is 11.0. The molecule has 0 amide bonds. The quantitative estimate of drug-likeness (QED) is 0.0785. The summed E-state index contributed by atoms with van der Waals surface area (Å²) in [4.78, 5) is 25.2. The number of hydrogen-bond donors (Lipinski definition) is 0. The first kappa shape index (κ1) is 32.6. The molecule has 0 N–H and O–H groups in total. The van der Waals surface area contributed by atoms with E-state index in [1.807, 2.05) is 45.0 Å². The molecule has 0 bridgehead atoms.